The van der Waals surface area contributed by atoms with E-state index >= 15 is 0 Å². The van der Waals surface area contributed by atoms with E-state index in [4.69, 9.17) is 5.53 Å². The van der Waals surface area contributed by atoms with Crippen LogP contribution in [-0.4, -0.2) is 46.0 Å². The Morgan fingerprint density at radius 3 is 2.37 bits per heavy atom. The summed E-state index contributed by atoms with van der Waals surface area (Å²) in [5.41, 5.74) is 8.99. The van der Waals surface area contributed by atoms with E-state index in [1.165, 1.54) is 0 Å². The number of aliphatic hydroxyl groups excluding tert-OH is 3. The van der Waals surface area contributed by atoms with Gasteiger partial charge in [0, 0.05) is 11.3 Å². The van der Waals surface area contributed by atoms with Crippen molar-refractivity contribution in [2.24, 2.45) is 5.11 Å². The first-order chi connectivity index (χ1) is 9.10. The van der Waals surface area contributed by atoms with Crippen LogP contribution >= 0.6 is 0 Å². The molecule has 7 nitrogen and oxygen atoms in total. The van der Waals surface area contributed by atoms with E-state index < -0.39 is 24.4 Å². The van der Waals surface area contributed by atoms with Crippen LogP contribution in [0.4, 0.5) is 0 Å². The maximum Gasteiger partial charge on any atom is 0.131 e. The Kier molecular flexibility index (Phi) is 5.98. The molecule has 0 aromatic heterocycles. The zero-order valence-electron chi connectivity index (χ0n) is 10.1. The van der Waals surface area contributed by atoms with Gasteiger partial charge in [0.25, 0.3) is 0 Å². The molecule has 0 radical (unpaired) electrons. The van der Waals surface area contributed by atoms with Crippen LogP contribution in [0.3, 0.4) is 0 Å². The summed E-state index contributed by atoms with van der Waals surface area (Å²) >= 11 is 0. The molecular formula is C12H15N3O4. The van der Waals surface area contributed by atoms with Crippen LogP contribution < -0.4 is 0 Å². The number of hydrogen-bond acceptors (Lipinski definition) is 5. The van der Waals surface area contributed by atoms with Crippen molar-refractivity contribution in [1.82, 2.24) is 0 Å². The molecule has 3 N–H and O–H groups in total. The summed E-state index contributed by atoms with van der Waals surface area (Å²) in [6, 6.07) is 7.45. The minimum atomic E-state index is -1.65. The molecule has 7 heteroatoms. The van der Waals surface area contributed by atoms with E-state index in [9.17, 15) is 20.1 Å². The zero-order valence-corrected chi connectivity index (χ0v) is 10.1. The van der Waals surface area contributed by atoms with Gasteiger partial charge in [-0.2, -0.15) is 0 Å². The lowest BCUT2D eigenvalue weighted by atomic mass is 9.97. The van der Waals surface area contributed by atoms with Crippen molar-refractivity contribution in [3.63, 3.8) is 0 Å². The van der Waals surface area contributed by atoms with Gasteiger partial charge in [0.05, 0.1) is 12.2 Å². The number of hydrogen-bond donors (Lipinski definition) is 3. The third-order valence-corrected chi connectivity index (χ3v) is 2.71. The summed E-state index contributed by atoms with van der Waals surface area (Å²) in [5, 5.41) is 32.2. The highest BCUT2D eigenvalue weighted by Gasteiger charge is 2.30. The molecule has 1 aromatic carbocycles. The molecule has 102 valence electrons. The van der Waals surface area contributed by atoms with Crippen molar-refractivity contribution >= 4 is 6.29 Å². The molecule has 1 aromatic rings. The van der Waals surface area contributed by atoms with Gasteiger partial charge in [-0.05, 0) is 11.1 Å². The van der Waals surface area contributed by atoms with Crippen LogP contribution in [0.2, 0.25) is 0 Å². The summed E-state index contributed by atoms with van der Waals surface area (Å²) in [6.07, 6.45) is -4.16. The van der Waals surface area contributed by atoms with E-state index in [0.717, 1.165) is 5.56 Å². The fourth-order valence-electron chi connectivity index (χ4n) is 1.64. The van der Waals surface area contributed by atoms with Crippen molar-refractivity contribution in [1.29, 1.82) is 0 Å². The lowest BCUT2D eigenvalue weighted by Crippen LogP contribution is -2.45. The van der Waals surface area contributed by atoms with Gasteiger partial charge in [0.2, 0.25) is 0 Å². The molecule has 4 atom stereocenters. The Morgan fingerprint density at radius 2 is 1.84 bits per heavy atom. The summed E-state index contributed by atoms with van der Waals surface area (Å²) in [7, 11) is 0. The highest BCUT2D eigenvalue weighted by Crippen LogP contribution is 2.12. The van der Waals surface area contributed by atoms with Gasteiger partial charge in [-0.3, -0.25) is 0 Å². The Labute approximate surface area is 109 Å². The van der Waals surface area contributed by atoms with E-state index in [-0.39, 0.29) is 12.7 Å². The van der Waals surface area contributed by atoms with Gasteiger partial charge >= 0.3 is 0 Å². The van der Waals surface area contributed by atoms with Crippen LogP contribution in [0.15, 0.2) is 35.4 Å². The topological polar surface area (TPSA) is 127 Å². The standard InChI is InChI=1S/C12H15N3O4/c13-15-14-9(7-16)11(18)12(19)10(17)6-8-4-2-1-3-5-8/h1-5,7,9-12,17-19H,6H2/t9-,10?,11-,12+/m0/s1. The molecule has 0 saturated carbocycles. The molecule has 0 saturated heterocycles. The lowest BCUT2D eigenvalue weighted by molar-refractivity contribution is -0.116. The third kappa shape index (κ3) is 4.35. The molecule has 0 aliphatic rings. The van der Waals surface area contributed by atoms with Crippen molar-refractivity contribution in [2.75, 3.05) is 0 Å². The van der Waals surface area contributed by atoms with Crippen molar-refractivity contribution in [2.45, 2.75) is 30.8 Å². The first-order valence-corrected chi connectivity index (χ1v) is 5.67. The highest BCUT2D eigenvalue weighted by atomic mass is 16.4. The minimum absolute atomic E-state index is 0.112. The Morgan fingerprint density at radius 1 is 1.21 bits per heavy atom. The number of carbonyl (C=O) groups is 1. The summed E-state index contributed by atoms with van der Waals surface area (Å²) in [4.78, 5) is 13.0. The van der Waals surface area contributed by atoms with Crippen LogP contribution in [-0.2, 0) is 11.2 Å². The van der Waals surface area contributed by atoms with Crippen LogP contribution in [0.1, 0.15) is 5.56 Å². The second kappa shape index (κ2) is 7.50. The quantitative estimate of drug-likeness (QED) is 0.281. The Balaban J connectivity index is 2.68. The second-order valence-corrected chi connectivity index (χ2v) is 4.07. The first kappa shape index (κ1) is 15.1. The van der Waals surface area contributed by atoms with E-state index in [2.05, 4.69) is 10.0 Å². The normalized spacial score (nSPS) is 16.8. The van der Waals surface area contributed by atoms with Crippen molar-refractivity contribution in [3.05, 3.63) is 46.3 Å². The minimum Gasteiger partial charge on any atom is -0.390 e. The van der Waals surface area contributed by atoms with Gasteiger partial charge < -0.3 is 20.1 Å². The second-order valence-electron chi connectivity index (χ2n) is 4.07. The highest BCUT2D eigenvalue weighted by molar-refractivity contribution is 5.59. The molecular weight excluding hydrogens is 250 g/mol. The maximum absolute atomic E-state index is 10.6. The number of azide groups is 1. The average molecular weight is 265 g/mol. The van der Waals surface area contributed by atoms with Crippen molar-refractivity contribution in [3.8, 4) is 0 Å². The fourth-order valence-corrected chi connectivity index (χ4v) is 1.64. The average Bonchev–Trinajstić information content (AvgIpc) is 2.44. The van der Waals surface area contributed by atoms with Crippen LogP contribution in [0, 0.1) is 0 Å². The van der Waals surface area contributed by atoms with E-state index in [1.54, 1.807) is 24.3 Å². The summed E-state index contributed by atoms with van der Waals surface area (Å²) in [5.74, 6) is 0. The van der Waals surface area contributed by atoms with Gasteiger partial charge in [-0.1, -0.05) is 35.4 Å². The SMILES string of the molecule is [N-]=[N+]=N[C@@H](C=O)[C@H](O)[C@H](O)C(O)Cc1ccccc1. The molecule has 0 aliphatic heterocycles. The molecule has 1 rings (SSSR count). The molecule has 0 aliphatic carbocycles. The zero-order chi connectivity index (χ0) is 14.3. The predicted octanol–water partition coefficient (Wildman–Crippen LogP) is 0.190. The number of rotatable bonds is 7. The van der Waals surface area contributed by atoms with E-state index in [0.29, 0.717) is 0 Å². The summed E-state index contributed by atoms with van der Waals surface area (Å²) in [6.45, 7) is 0. The third-order valence-electron chi connectivity index (χ3n) is 2.71. The lowest BCUT2D eigenvalue weighted by Gasteiger charge is -2.24. The summed E-state index contributed by atoms with van der Waals surface area (Å²) < 4.78 is 0. The molecule has 1 unspecified atom stereocenters. The fraction of sp³-hybridized carbons (Fsp3) is 0.417. The Bertz CT molecular complexity index is 448. The number of nitrogens with zero attached hydrogens (tertiary/aromatic N) is 3. The monoisotopic (exact) mass is 265 g/mol. The van der Waals surface area contributed by atoms with Crippen LogP contribution in [0.25, 0.3) is 10.4 Å². The van der Waals surface area contributed by atoms with Crippen LogP contribution in [0.5, 0.6) is 0 Å². The maximum atomic E-state index is 10.6. The number of benzene rings is 1. The molecule has 0 spiro atoms. The largest absolute Gasteiger partial charge is 0.390 e. The van der Waals surface area contributed by atoms with Gasteiger partial charge in [-0.15, -0.1) is 0 Å². The molecule has 0 fully saturated rings. The predicted molar refractivity (Wildman–Crippen MR) is 67.2 cm³/mol. The molecule has 0 amide bonds. The smallest absolute Gasteiger partial charge is 0.131 e. The molecule has 19 heavy (non-hydrogen) atoms. The number of aldehydes is 1. The van der Waals surface area contributed by atoms with Gasteiger partial charge in [0.15, 0.2) is 0 Å². The molecule has 0 bridgehead atoms. The van der Waals surface area contributed by atoms with E-state index in [1.807, 2.05) is 6.07 Å². The first-order valence-electron chi connectivity index (χ1n) is 5.67. The van der Waals surface area contributed by atoms with Gasteiger partial charge in [-0.25, -0.2) is 0 Å². The Hall–Kier alpha value is -1.92. The number of carbonyl (C=O) groups excluding carboxylic acids is 1. The molecule has 0 heterocycles. The van der Waals surface area contributed by atoms with Crippen molar-refractivity contribution < 1.29 is 20.1 Å². The van der Waals surface area contributed by atoms with Gasteiger partial charge in [0.1, 0.15) is 18.4 Å². The number of aliphatic hydroxyl groups is 3.